The van der Waals surface area contributed by atoms with Gasteiger partial charge in [-0.15, -0.1) is 0 Å². The Morgan fingerprint density at radius 2 is 1.69 bits per heavy atom. The van der Waals surface area contributed by atoms with Crippen LogP contribution in [0.2, 0.25) is 10.0 Å². The Morgan fingerprint density at radius 3 is 2.36 bits per heavy atom. The average molecular weight is 553 g/mol. The van der Waals surface area contributed by atoms with Gasteiger partial charge in [0, 0.05) is 10.7 Å². The van der Waals surface area contributed by atoms with E-state index in [4.69, 9.17) is 32.7 Å². The van der Waals surface area contributed by atoms with Gasteiger partial charge in [0.2, 0.25) is 5.78 Å². The van der Waals surface area contributed by atoms with Crippen LogP contribution in [0.1, 0.15) is 49.4 Å². The number of para-hydroxylation sites is 1. The van der Waals surface area contributed by atoms with E-state index >= 15 is 0 Å². The smallest absolute Gasteiger partial charge is 0.340 e. The van der Waals surface area contributed by atoms with E-state index in [0.717, 1.165) is 0 Å². The number of benzene rings is 2. The second-order valence-corrected chi connectivity index (χ2v) is 10.2. The van der Waals surface area contributed by atoms with Gasteiger partial charge in [-0.3, -0.25) is 9.52 Å². The molecule has 3 aromatic rings. The number of nitrogens with one attached hydrogen (secondary N) is 2. The molecule has 2 N–H and O–H groups in total. The number of aryl methyl sites for hydroxylation is 1. The number of ketones is 1. The molecule has 190 valence electrons. The number of anilines is 1. The Kier molecular flexibility index (Phi) is 8.12. The number of carbonyl (C=O) groups is 3. The van der Waals surface area contributed by atoms with Crippen LogP contribution in [0.25, 0.3) is 0 Å². The number of methoxy groups -OCH3 is 1. The highest BCUT2D eigenvalue weighted by molar-refractivity contribution is 7.92. The summed E-state index contributed by atoms with van der Waals surface area (Å²) in [6.45, 7) is 4.55. The number of ether oxygens (including phenoxy) is 2. The van der Waals surface area contributed by atoms with Crippen LogP contribution in [0.4, 0.5) is 5.69 Å². The van der Waals surface area contributed by atoms with Gasteiger partial charge < -0.3 is 14.5 Å². The van der Waals surface area contributed by atoms with Crippen molar-refractivity contribution in [3.63, 3.8) is 0 Å². The summed E-state index contributed by atoms with van der Waals surface area (Å²) in [5.74, 6) is -2.13. The first-order chi connectivity index (χ1) is 16.9. The topological polar surface area (TPSA) is 132 Å². The van der Waals surface area contributed by atoms with Crippen molar-refractivity contribution >= 4 is 56.6 Å². The first kappa shape index (κ1) is 27.3. The third kappa shape index (κ3) is 5.56. The fourth-order valence-electron chi connectivity index (χ4n) is 3.52. The molecule has 3 rings (SSSR count). The molecule has 1 aromatic heterocycles. The van der Waals surface area contributed by atoms with E-state index in [1.807, 2.05) is 0 Å². The number of esters is 2. The normalized spacial score (nSPS) is 12.1. The highest BCUT2D eigenvalue weighted by Gasteiger charge is 2.29. The van der Waals surface area contributed by atoms with Crippen molar-refractivity contribution in [1.29, 1.82) is 0 Å². The van der Waals surface area contributed by atoms with Crippen molar-refractivity contribution in [3.05, 3.63) is 80.6 Å². The number of carbonyl (C=O) groups excluding carboxylic acids is 3. The fraction of sp³-hybridized carbons (Fsp3) is 0.208. The molecule has 0 unspecified atom stereocenters. The molecule has 36 heavy (non-hydrogen) atoms. The number of rotatable bonds is 8. The van der Waals surface area contributed by atoms with E-state index in [2.05, 4.69) is 9.71 Å². The van der Waals surface area contributed by atoms with Gasteiger partial charge in [0.1, 0.15) is 4.90 Å². The molecular weight excluding hydrogens is 531 g/mol. The number of hydrogen-bond acceptors (Lipinski definition) is 7. The van der Waals surface area contributed by atoms with Crippen LogP contribution in [-0.4, -0.2) is 44.3 Å². The molecule has 2 aromatic carbocycles. The van der Waals surface area contributed by atoms with Crippen molar-refractivity contribution in [2.45, 2.75) is 31.8 Å². The van der Waals surface area contributed by atoms with Crippen LogP contribution in [0.3, 0.4) is 0 Å². The van der Waals surface area contributed by atoms with Gasteiger partial charge in [0.05, 0.1) is 34.6 Å². The lowest BCUT2D eigenvalue weighted by Crippen LogP contribution is -2.26. The summed E-state index contributed by atoms with van der Waals surface area (Å²) in [6.07, 6.45) is -1.26. The maximum absolute atomic E-state index is 13.0. The third-order valence-electron chi connectivity index (χ3n) is 5.30. The van der Waals surface area contributed by atoms with E-state index in [-0.39, 0.29) is 37.4 Å². The van der Waals surface area contributed by atoms with E-state index in [1.54, 1.807) is 13.8 Å². The van der Waals surface area contributed by atoms with Crippen LogP contribution in [0.5, 0.6) is 0 Å². The van der Waals surface area contributed by atoms with Gasteiger partial charge in [-0.2, -0.15) is 0 Å². The average Bonchev–Trinajstić information content (AvgIpc) is 3.13. The zero-order chi connectivity index (χ0) is 26.8. The van der Waals surface area contributed by atoms with Gasteiger partial charge in [-0.25, -0.2) is 18.0 Å². The molecule has 0 radical (unpaired) electrons. The minimum absolute atomic E-state index is 0.0610. The van der Waals surface area contributed by atoms with Gasteiger partial charge in [-0.05, 0) is 56.7 Å². The molecule has 0 bridgehead atoms. The summed E-state index contributed by atoms with van der Waals surface area (Å²) in [7, 11) is -2.99. The van der Waals surface area contributed by atoms with Gasteiger partial charge in [-0.1, -0.05) is 35.3 Å². The van der Waals surface area contributed by atoms with Gasteiger partial charge in [0.25, 0.3) is 10.0 Å². The Balaban J connectivity index is 1.85. The van der Waals surface area contributed by atoms with Gasteiger partial charge in [0.15, 0.2) is 6.10 Å². The molecule has 0 fully saturated rings. The number of halogens is 2. The summed E-state index contributed by atoms with van der Waals surface area (Å²) < 4.78 is 38.2. The second-order valence-electron chi connectivity index (χ2n) is 7.75. The first-order valence-electron chi connectivity index (χ1n) is 10.5. The number of sulfonamides is 1. The molecule has 1 heterocycles. The van der Waals surface area contributed by atoms with Gasteiger partial charge >= 0.3 is 11.9 Å². The van der Waals surface area contributed by atoms with Crippen LogP contribution < -0.4 is 4.72 Å². The molecule has 1 atom stereocenters. The van der Waals surface area contributed by atoms with Crippen LogP contribution >= 0.6 is 23.2 Å². The van der Waals surface area contributed by atoms with Crippen molar-refractivity contribution in [2.75, 3.05) is 11.8 Å². The number of aromatic amines is 1. The maximum Gasteiger partial charge on any atom is 0.340 e. The SMILES string of the molecule is COC(=O)c1c(C)[nH]c(C(=O)[C@H](C)OC(=O)c2ccccc2NS(=O)(=O)c2cc(Cl)ccc2Cl)c1C. The highest BCUT2D eigenvalue weighted by atomic mass is 35.5. The summed E-state index contributed by atoms with van der Waals surface area (Å²) in [5, 5.41) is 0.0964. The molecule has 0 spiro atoms. The molecule has 12 heteroatoms. The first-order valence-corrected chi connectivity index (χ1v) is 12.7. The number of aromatic nitrogens is 1. The minimum atomic E-state index is -4.22. The summed E-state index contributed by atoms with van der Waals surface area (Å²) >= 11 is 11.9. The quantitative estimate of drug-likeness (QED) is 0.298. The largest absolute Gasteiger partial charge is 0.465 e. The Labute approximate surface area is 217 Å². The molecule has 0 aliphatic heterocycles. The van der Waals surface area contributed by atoms with Crippen molar-refractivity contribution in [2.24, 2.45) is 0 Å². The van der Waals surface area contributed by atoms with Crippen molar-refractivity contribution in [1.82, 2.24) is 4.98 Å². The predicted molar refractivity (Wildman–Crippen MR) is 135 cm³/mol. The third-order valence-corrected chi connectivity index (χ3v) is 7.38. The summed E-state index contributed by atoms with van der Waals surface area (Å²) in [6, 6.07) is 9.68. The summed E-state index contributed by atoms with van der Waals surface area (Å²) in [5.41, 5.74) is 0.891. The number of hydrogen-bond donors (Lipinski definition) is 2. The van der Waals surface area contributed by atoms with E-state index < -0.39 is 33.8 Å². The Morgan fingerprint density at radius 1 is 1.03 bits per heavy atom. The molecule has 0 aliphatic rings. The molecule has 0 saturated carbocycles. The van der Waals surface area contributed by atoms with Crippen LogP contribution in [0.15, 0.2) is 47.4 Å². The highest BCUT2D eigenvalue weighted by Crippen LogP contribution is 2.28. The van der Waals surface area contributed by atoms with E-state index in [9.17, 15) is 22.8 Å². The number of Topliss-reactive ketones (excluding diaryl/α,β-unsaturated/α-hetero) is 1. The van der Waals surface area contributed by atoms with E-state index in [0.29, 0.717) is 11.3 Å². The molecular formula is C24H22Cl2N2O7S. The zero-order valence-corrected chi connectivity index (χ0v) is 22.0. The second kappa shape index (κ2) is 10.7. The maximum atomic E-state index is 13.0. The summed E-state index contributed by atoms with van der Waals surface area (Å²) in [4.78, 5) is 40.5. The zero-order valence-electron chi connectivity index (χ0n) is 19.6. The standard InChI is InChI=1S/C24H22Cl2N2O7S/c1-12-20(24(31)34-4)13(2)27-21(12)22(29)14(3)35-23(30)16-7-5-6-8-18(16)28-36(32,33)19-11-15(25)9-10-17(19)26/h5-11,14,27-28H,1-4H3/t14-/m0/s1. The van der Waals surface area contributed by atoms with Crippen LogP contribution in [0, 0.1) is 13.8 Å². The Bertz CT molecular complexity index is 1470. The molecule has 0 aliphatic carbocycles. The Hall–Kier alpha value is -3.34. The van der Waals surface area contributed by atoms with Crippen molar-refractivity contribution < 1.29 is 32.3 Å². The van der Waals surface area contributed by atoms with Crippen LogP contribution in [-0.2, 0) is 19.5 Å². The lowest BCUT2D eigenvalue weighted by atomic mass is 10.1. The number of H-pyrrole nitrogens is 1. The van der Waals surface area contributed by atoms with E-state index in [1.165, 1.54) is 56.5 Å². The fourth-order valence-corrected chi connectivity index (χ4v) is 5.36. The van der Waals surface area contributed by atoms with Crippen molar-refractivity contribution in [3.8, 4) is 0 Å². The molecule has 9 nitrogen and oxygen atoms in total. The lowest BCUT2D eigenvalue weighted by Gasteiger charge is -2.16. The minimum Gasteiger partial charge on any atom is -0.465 e. The monoisotopic (exact) mass is 552 g/mol. The predicted octanol–water partition coefficient (Wildman–Crippen LogP) is 4.95. The molecule has 0 amide bonds. The lowest BCUT2D eigenvalue weighted by molar-refractivity contribution is 0.0317. The molecule has 0 saturated heterocycles.